The maximum atomic E-state index is 12.8. The lowest BCUT2D eigenvalue weighted by molar-refractivity contribution is -0.145. The highest BCUT2D eigenvalue weighted by Crippen LogP contribution is 2.42. The number of aromatic nitrogens is 2. The Morgan fingerprint density at radius 1 is 1.07 bits per heavy atom. The fourth-order valence-corrected chi connectivity index (χ4v) is 4.18. The Kier molecular flexibility index (Phi) is 4.44. The predicted octanol–water partition coefficient (Wildman–Crippen LogP) is -1.38. The minimum atomic E-state index is -1.01. The van der Waals surface area contributed by atoms with E-state index in [0.717, 1.165) is 15.2 Å². The third-order valence-electron chi connectivity index (χ3n) is 6.03. The molecule has 10 nitrogen and oxygen atoms in total. The van der Waals surface area contributed by atoms with Gasteiger partial charge in [-0.2, -0.15) is 0 Å². The van der Waals surface area contributed by atoms with E-state index in [2.05, 4.69) is 0 Å². The summed E-state index contributed by atoms with van der Waals surface area (Å²) in [5.41, 5.74) is -1.98. The van der Waals surface area contributed by atoms with Crippen molar-refractivity contribution in [3.8, 4) is 0 Å². The van der Waals surface area contributed by atoms with Crippen LogP contribution < -0.4 is 11.2 Å². The van der Waals surface area contributed by atoms with Crippen molar-refractivity contribution in [2.45, 2.75) is 24.8 Å². The zero-order valence-corrected chi connectivity index (χ0v) is 15.5. The molecule has 10 heteroatoms. The van der Waals surface area contributed by atoms with Crippen molar-refractivity contribution in [1.29, 1.82) is 0 Å². The van der Waals surface area contributed by atoms with Gasteiger partial charge in [-0.15, -0.1) is 0 Å². The molecular formula is C17H22N4O6. The summed E-state index contributed by atoms with van der Waals surface area (Å²) in [6.07, 6.45) is 0.622. The first-order chi connectivity index (χ1) is 12.6. The van der Waals surface area contributed by atoms with Crippen LogP contribution in [0.15, 0.2) is 15.7 Å². The van der Waals surface area contributed by atoms with Gasteiger partial charge in [0.2, 0.25) is 5.91 Å². The van der Waals surface area contributed by atoms with Crippen LogP contribution >= 0.6 is 0 Å². The molecule has 3 rings (SSSR count). The van der Waals surface area contributed by atoms with Crippen molar-refractivity contribution < 1.29 is 19.5 Å². The van der Waals surface area contributed by atoms with Gasteiger partial charge in [-0.1, -0.05) is 0 Å². The number of nitrogens with zero attached hydrogens (tertiary/aromatic N) is 4. The van der Waals surface area contributed by atoms with Crippen molar-refractivity contribution in [2.24, 2.45) is 20.0 Å². The highest BCUT2D eigenvalue weighted by molar-refractivity contribution is 5.93. The van der Waals surface area contributed by atoms with Crippen LogP contribution in [0.4, 0.5) is 0 Å². The lowest BCUT2D eigenvalue weighted by Crippen LogP contribution is -2.57. The summed E-state index contributed by atoms with van der Waals surface area (Å²) in [5, 5.41) is 9.51. The van der Waals surface area contributed by atoms with E-state index >= 15 is 0 Å². The number of carboxylic acid groups (broad SMARTS) is 1. The number of carboxylic acids is 1. The second kappa shape index (κ2) is 6.36. The van der Waals surface area contributed by atoms with Crippen LogP contribution in [0.2, 0.25) is 0 Å². The number of piperidine rings is 1. The van der Waals surface area contributed by atoms with Crippen LogP contribution in [0, 0.1) is 5.92 Å². The first kappa shape index (κ1) is 18.9. The monoisotopic (exact) mass is 378 g/mol. The first-order valence-corrected chi connectivity index (χ1v) is 8.66. The Balaban J connectivity index is 1.85. The van der Waals surface area contributed by atoms with E-state index in [4.69, 9.17) is 0 Å². The van der Waals surface area contributed by atoms with E-state index in [-0.39, 0.29) is 31.1 Å². The smallest absolute Gasteiger partial charge is 0.331 e. The molecule has 0 unspecified atom stereocenters. The molecule has 0 saturated carbocycles. The SMILES string of the molecule is CN1C(=O)C[C@@H](C(=O)O)C12CCN(C(=O)c1cc(=O)n(C)c(=O)n1C)CC2. The number of amides is 2. The van der Waals surface area contributed by atoms with Crippen LogP contribution in [0.5, 0.6) is 0 Å². The molecule has 1 atom stereocenters. The van der Waals surface area contributed by atoms with Gasteiger partial charge in [-0.3, -0.25) is 28.3 Å². The van der Waals surface area contributed by atoms with Gasteiger partial charge in [0.25, 0.3) is 11.5 Å². The molecule has 1 aromatic heterocycles. The summed E-state index contributed by atoms with van der Waals surface area (Å²) in [4.78, 5) is 63.4. The second-order valence-corrected chi connectivity index (χ2v) is 7.21. The van der Waals surface area contributed by atoms with Crippen molar-refractivity contribution in [2.75, 3.05) is 20.1 Å². The molecule has 0 aromatic carbocycles. The van der Waals surface area contributed by atoms with E-state index in [9.17, 15) is 29.1 Å². The van der Waals surface area contributed by atoms with Gasteiger partial charge in [0.1, 0.15) is 5.69 Å². The molecule has 1 aromatic rings. The van der Waals surface area contributed by atoms with Crippen LogP contribution in [0.25, 0.3) is 0 Å². The third kappa shape index (κ3) is 2.75. The number of hydrogen-bond acceptors (Lipinski definition) is 5. The quantitative estimate of drug-likeness (QED) is 0.677. The largest absolute Gasteiger partial charge is 0.481 e. The molecule has 2 aliphatic rings. The van der Waals surface area contributed by atoms with E-state index < -0.39 is 34.6 Å². The summed E-state index contributed by atoms with van der Waals surface area (Å²) in [5.74, 6) is -2.49. The van der Waals surface area contributed by atoms with E-state index in [0.29, 0.717) is 12.8 Å². The average Bonchev–Trinajstić information content (AvgIpc) is 2.88. The maximum Gasteiger partial charge on any atom is 0.331 e. The van der Waals surface area contributed by atoms with Gasteiger partial charge in [-0.05, 0) is 12.8 Å². The molecular weight excluding hydrogens is 356 g/mol. The normalized spacial score (nSPS) is 21.7. The Morgan fingerprint density at radius 2 is 1.67 bits per heavy atom. The molecule has 146 valence electrons. The van der Waals surface area contributed by atoms with Gasteiger partial charge in [0.15, 0.2) is 0 Å². The van der Waals surface area contributed by atoms with E-state index in [1.165, 1.54) is 23.9 Å². The van der Waals surface area contributed by atoms with Gasteiger partial charge in [0, 0.05) is 46.7 Å². The topological polar surface area (TPSA) is 122 Å². The average molecular weight is 378 g/mol. The molecule has 1 N–H and O–H groups in total. The van der Waals surface area contributed by atoms with Crippen molar-refractivity contribution >= 4 is 17.8 Å². The van der Waals surface area contributed by atoms with E-state index in [1.807, 2.05) is 0 Å². The standard InChI is InChI=1S/C17H22N4O6/c1-18-11(9-12(22)19(2)16(18)27)14(24)21-6-4-17(5-7-21)10(15(25)26)8-13(23)20(17)3/h9-10H,4-8H2,1-3H3,(H,25,26)/t10-/m0/s1. The molecule has 27 heavy (non-hydrogen) atoms. The molecule has 1 spiro atoms. The Labute approximate surface area is 154 Å². The molecule has 2 amide bonds. The van der Waals surface area contributed by atoms with E-state index in [1.54, 1.807) is 7.05 Å². The Hall–Kier alpha value is -2.91. The second-order valence-electron chi connectivity index (χ2n) is 7.21. The highest BCUT2D eigenvalue weighted by Gasteiger charge is 2.55. The van der Waals surface area contributed by atoms with Crippen LogP contribution in [-0.2, 0) is 23.7 Å². The first-order valence-electron chi connectivity index (χ1n) is 8.66. The number of rotatable bonds is 2. The Bertz CT molecular complexity index is 938. The van der Waals surface area contributed by atoms with Gasteiger partial charge in [0.05, 0.1) is 11.5 Å². The molecule has 2 fully saturated rings. The molecule has 2 aliphatic heterocycles. The number of hydrogen-bond donors (Lipinski definition) is 1. The maximum absolute atomic E-state index is 12.8. The van der Waals surface area contributed by atoms with Crippen molar-refractivity contribution in [1.82, 2.24) is 18.9 Å². The summed E-state index contributed by atoms with van der Waals surface area (Å²) < 4.78 is 2.04. The lowest BCUT2D eigenvalue weighted by Gasteiger charge is -2.45. The summed E-state index contributed by atoms with van der Waals surface area (Å²) >= 11 is 0. The van der Waals surface area contributed by atoms with Crippen LogP contribution in [0.3, 0.4) is 0 Å². The Morgan fingerprint density at radius 3 is 2.22 bits per heavy atom. The van der Waals surface area contributed by atoms with Gasteiger partial charge < -0.3 is 14.9 Å². The summed E-state index contributed by atoms with van der Waals surface area (Å²) in [6.45, 7) is 0.479. The number of aliphatic carboxylic acids is 1. The van der Waals surface area contributed by atoms with Crippen LogP contribution in [-0.4, -0.2) is 67.5 Å². The third-order valence-corrected chi connectivity index (χ3v) is 6.03. The number of carbonyl (C=O) groups excluding carboxylic acids is 2. The number of likely N-dealkylation sites (tertiary alicyclic amines) is 2. The summed E-state index contributed by atoms with van der Waals surface area (Å²) in [6, 6.07) is 1.12. The minimum absolute atomic E-state index is 0.00955. The zero-order valence-electron chi connectivity index (χ0n) is 15.5. The highest BCUT2D eigenvalue weighted by atomic mass is 16.4. The van der Waals surface area contributed by atoms with Crippen molar-refractivity contribution in [3.05, 3.63) is 32.6 Å². The molecule has 0 radical (unpaired) electrons. The van der Waals surface area contributed by atoms with Crippen molar-refractivity contribution in [3.63, 3.8) is 0 Å². The molecule has 3 heterocycles. The summed E-state index contributed by atoms with van der Waals surface area (Å²) in [7, 11) is 4.36. The fraction of sp³-hybridized carbons (Fsp3) is 0.588. The predicted molar refractivity (Wildman–Crippen MR) is 93.3 cm³/mol. The van der Waals surface area contributed by atoms with Gasteiger partial charge in [-0.25, -0.2) is 4.79 Å². The fourth-order valence-electron chi connectivity index (χ4n) is 4.18. The van der Waals surface area contributed by atoms with Crippen LogP contribution in [0.1, 0.15) is 29.8 Å². The van der Waals surface area contributed by atoms with Gasteiger partial charge >= 0.3 is 11.7 Å². The zero-order chi connectivity index (χ0) is 20.1. The number of carbonyl (C=O) groups is 3. The molecule has 2 saturated heterocycles. The molecule has 0 aliphatic carbocycles. The minimum Gasteiger partial charge on any atom is -0.481 e. The lowest BCUT2D eigenvalue weighted by atomic mass is 9.77. The molecule has 0 bridgehead atoms.